The first-order valence-corrected chi connectivity index (χ1v) is 6.40. The Morgan fingerprint density at radius 3 is 2.30 bits per heavy atom. The fourth-order valence-corrected chi connectivity index (χ4v) is 2.31. The minimum absolute atomic E-state index is 0.803. The Morgan fingerprint density at radius 1 is 0.800 bits per heavy atom. The molecule has 3 rings (SSSR count). The number of nitrogens with zero attached hydrogens (tertiary/aromatic N) is 1. The van der Waals surface area contributed by atoms with Gasteiger partial charge in [0.2, 0.25) is 0 Å². The summed E-state index contributed by atoms with van der Waals surface area (Å²) in [6, 6.07) is 17.7. The van der Waals surface area contributed by atoms with Crippen LogP contribution in [-0.4, -0.2) is 19.2 Å². The quantitative estimate of drug-likeness (QED) is 0.719. The molecule has 3 aromatic rings. The van der Waals surface area contributed by atoms with Gasteiger partial charge in [-0.05, 0) is 24.3 Å². The number of ether oxygens (including phenoxy) is 2. The molecule has 0 radical (unpaired) electrons. The molecule has 2 aromatic carbocycles. The van der Waals surface area contributed by atoms with Crippen LogP contribution < -0.4 is 9.47 Å². The fraction of sp³-hybridized carbons (Fsp3) is 0.118. The number of aromatic nitrogens is 1. The fourth-order valence-electron chi connectivity index (χ4n) is 2.31. The molecule has 0 unspecified atom stereocenters. The van der Waals surface area contributed by atoms with Crippen molar-refractivity contribution < 1.29 is 9.47 Å². The second-order valence-corrected chi connectivity index (χ2v) is 4.43. The van der Waals surface area contributed by atoms with Crippen LogP contribution in [0, 0.1) is 0 Å². The van der Waals surface area contributed by atoms with E-state index in [1.54, 1.807) is 14.2 Å². The molecule has 0 bridgehead atoms. The van der Waals surface area contributed by atoms with Crippen molar-refractivity contribution in [2.45, 2.75) is 0 Å². The summed E-state index contributed by atoms with van der Waals surface area (Å²) in [5.74, 6) is 1.62. The number of rotatable bonds is 3. The van der Waals surface area contributed by atoms with Crippen LogP contribution in [0.15, 0.2) is 54.6 Å². The lowest BCUT2D eigenvalue weighted by molar-refractivity contribution is 0.415. The van der Waals surface area contributed by atoms with Crippen LogP contribution in [-0.2, 0) is 0 Å². The normalized spacial score (nSPS) is 10.5. The van der Waals surface area contributed by atoms with Gasteiger partial charge in [0.1, 0.15) is 11.5 Å². The van der Waals surface area contributed by atoms with Gasteiger partial charge in [-0.2, -0.15) is 0 Å². The largest absolute Gasteiger partial charge is 0.496 e. The number of hydrogen-bond donors (Lipinski definition) is 0. The van der Waals surface area contributed by atoms with Crippen molar-refractivity contribution in [1.29, 1.82) is 0 Å². The van der Waals surface area contributed by atoms with Crippen LogP contribution in [0.1, 0.15) is 0 Å². The molecule has 0 saturated heterocycles. The van der Waals surface area contributed by atoms with Gasteiger partial charge in [-0.3, -0.25) is 0 Å². The van der Waals surface area contributed by atoms with Gasteiger partial charge < -0.3 is 9.47 Å². The van der Waals surface area contributed by atoms with Gasteiger partial charge in [0, 0.05) is 17.0 Å². The highest BCUT2D eigenvalue weighted by atomic mass is 16.5. The summed E-state index contributed by atoms with van der Waals surface area (Å²) in [6.45, 7) is 0. The van der Waals surface area contributed by atoms with Crippen molar-refractivity contribution in [2.24, 2.45) is 0 Å². The smallest absolute Gasteiger partial charge is 0.130 e. The van der Waals surface area contributed by atoms with E-state index in [4.69, 9.17) is 14.5 Å². The summed E-state index contributed by atoms with van der Waals surface area (Å²) >= 11 is 0. The minimum Gasteiger partial charge on any atom is -0.496 e. The average molecular weight is 265 g/mol. The predicted molar refractivity (Wildman–Crippen MR) is 80.3 cm³/mol. The SMILES string of the molecule is COc1ccccc1-c1cc(OC)c2ccccc2n1. The molecule has 0 atom stereocenters. The van der Waals surface area contributed by atoms with Crippen LogP contribution in [0.3, 0.4) is 0 Å². The van der Waals surface area contributed by atoms with Crippen molar-refractivity contribution in [3.8, 4) is 22.8 Å². The Morgan fingerprint density at radius 2 is 1.50 bits per heavy atom. The maximum Gasteiger partial charge on any atom is 0.130 e. The average Bonchev–Trinajstić information content (AvgIpc) is 2.53. The van der Waals surface area contributed by atoms with E-state index in [1.807, 2.05) is 54.6 Å². The van der Waals surface area contributed by atoms with Gasteiger partial charge in [0.25, 0.3) is 0 Å². The van der Waals surface area contributed by atoms with Crippen molar-refractivity contribution in [2.75, 3.05) is 14.2 Å². The van der Waals surface area contributed by atoms with Crippen molar-refractivity contribution in [3.63, 3.8) is 0 Å². The number of para-hydroxylation sites is 2. The lowest BCUT2D eigenvalue weighted by Crippen LogP contribution is -1.93. The number of methoxy groups -OCH3 is 2. The van der Waals surface area contributed by atoms with E-state index in [9.17, 15) is 0 Å². The van der Waals surface area contributed by atoms with E-state index >= 15 is 0 Å². The number of fused-ring (bicyclic) bond motifs is 1. The zero-order valence-electron chi connectivity index (χ0n) is 11.5. The van der Waals surface area contributed by atoms with Crippen molar-refractivity contribution in [1.82, 2.24) is 4.98 Å². The van der Waals surface area contributed by atoms with Gasteiger partial charge in [-0.1, -0.05) is 24.3 Å². The molecular formula is C17H15NO2. The zero-order valence-corrected chi connectivity index (χ0v) is 11.5. The van der Waals surface area contributed by atoms with E-state index in [0.717, 1.165) is 33.7 Å². The first-order chi connectivity index (χ1) is 9.83. The second-order valence-electron chi connectivity index (χ2n) is 4.43. The van der Waals surface area contributed by atoms with E-state index in [0.29, 0.717) is 0 Å². The van der Waals surface area contributed by atoms with Gasteiger partial charge in [0.15, 0.2) is 0 Å². The molecule has 0 aliphatic carbocycles. The molecule has 20 heavy (non-hydrogen) atoms. The third-order valence-electron chi connectivity index (χ3n) is 3.28. The lowest BCUT2D eigenvalue weighted by atomic mass is 10.1. The molecular weight excluding hydrogens is 250 g/mol. The summed E-state index contributed by atoms with van der Waals surface area (Å²) in [6.07, 6.45) is 0. The van der Waals surface area contributed by atoms with Gasteiger partial charge >= 0.3 is 0 Å². The highest BCUT2D eigenvalue weighted by Crippen LogP contribution is 2.33. The van der Waals surface area contributed by atoms with E-state index in [1.165, 1.54) is 0 Å². The van der Waals surface area contributed by atoms with Gasteiger partial charge in [-0.15, -0.1) is 0 Å². The molecule has 0 aliphatic heterocycles. The second kappa shape index (κ2) is 5.21. The Kier molecular flexibility index (Phi) is 3.25. The van der Waals surface area contributed by atoms with E-state index < -0.39 is 0 Å². The minimum atomic E-state index is 0.803. The van der Waals surface area contributed by atoms with E-state index in [-0.39, 0.29) is 0 Å². The maximum atomic E-state index is 5.48. The molecule has 1 aromatic heterocycles. The molecule has 0 saturated carbocycles. The summed E-state index contributed by atoms with van der Waals surface area (Å²) in [4.78, 5) is 4.70. The monoisotopic (exact) mass is 265 g/mol. The summed E-state index contributed by atoms with van der Waals surface area (Å²) in [5, 5.41) is 1.01. The number of pyridine rings is 1. The molecule has 1 heterocycles. The van der Waals surface area contributed by atoms with Gasteiger partial charge in [-0.25, -0.2) is 4.98 Å². The van der Waals surface area contributed by atoms with Crippen LogP contribution in [0.5, 0.6) is 11.5 Å². The highest BCUT2D eigenvalue weighted by molar-refractivity contribution is 5.88. The first kappa shape index (κ1) is 12.5. The molecule has 3 nitrogen and oxygen atoms in total. The van der Waals surface area contributed by atoms with Crippen LogP contribution >= 0.6 is 0 Å². The predicted octanol–water partition coefficient (Wildman–Crippen LogP) is 3.92. The van der Waals surface area contributed by atoms with Crippen molar-refractivity contribution >= 4 is 10.9 Å². The first-order valence-electron chi connectivity index (χ1n) is 6.40. The molecule has 100 valence electrons. The maximum absolute atomic E-state index is 5.48. The summed E-state index contributed by atoms with van der Waals surface area (Å²) in [5.41, 5.74) is 2.71. The Bertz CT molecular complexity index is 753. The third kappa shape index (κ3) is 2.07. The Hall–Kier alpha value is -2.55. The molecule has 0 spiro atoms. The Labute approximate surface area is 117 Å². The summed E-state index contributed by atoms with van der Waals surface area (Å²) in [7, 11) is 3.34. The Balaban J connectivity index is 2.26. The van der Waals surface area contributed by atoms with Gasteiger partial charge in [0.05, 0.1) is 25.4 Å². The molecule has 0 aliphatic rings. The number of benzene rings is 2. The zero-order chi connectivity index (χ0) is 13.9. The van der Waals surface area contributed by atoms with Crippen LogP contribution in [0.25, 0.3) is 22.2 Å². The molecule has 0 N–H and O–H groups in total. The summed E-state index contributed by atoms with van der Waals surface area (Å²) < 4.78 is 10.9. The van der Waals surface area contributed by atoms with E-state index in [2.05, 4.69) is 0 Å². The topological polar surface area (TPSA) is 31.4 Å². The molecule has 3 heteroatoms. The number of hydrogen-bond acceptors (Lipinski definition) is 3. The highest BCUT2D eigenvalue weighted by Gasteiger charge is 2.10. The standard InChI is InChI=1S/C17H15NO2/c1-19-16-10-6-4-8-13(16)15-11-17(20-2)12-7-3-5-9-14(12)18-15/h3-11H,1-2H3. The van der Waals surface area contributed by atoms with Crippen LogP contribution in [0.2, 0.25) is 0 Å². The lowest BCUT2D eigenvalue weighted by Gasteiger charge is -2.11. The van der Waals surface area contributed by atoms with Crippen molar-refractivity contribution in [3.05, 3.63) is 54.6 Å². The molecule has 0 fully saturated rings. The van der Waals surface area contributed by atoms with Crippen LogP contribution in [0.4, 0.5) is 0 Å². The third-order valence-corrected chi connectivity index (χ3v) is 3.28. The molecule has 0 amide bonds.